The minimum atomic E-state index is -0.0254. The van der Waals surface area contributed by atoms with E-state index in [4.69, 9.17) is 10.5 Å². The molecule has 0 aromatic rings. The van der Waals surface area contributed by atoms with Crippen LogP contribution in [0.1, 0.15) is 40.5 Å². The zero-order valence-electron chi connectivity index (χ0n) is 10.7. The van der Waals surface area contributed by atoms with Crippen molar-refractivity contribution in [1.29, 1.82) is 0 Å². The summed E-state index contributed by atoms with van der Waals surface area (Å²) in [6.07, 6.45) is 2.35. The molecule has 0 aromatic carbocycles. The molecule has 0 amide bonds. The fraction of sp³-hybridized carbons (Fsp3) is 1.00. The Balaban J connectivity index is 2.67. The Morgan fingerprint density at radius 3 is 2.60 bits per heavy atom. The van der Waals surface area contributed by atoms with Crippen LogP contribution < -0.4 is 5.73 Å². The maximum absolute atomic E-state index is 5.93. The van der Waals surface area contributed by atoms with Crippen LogP contribution in [0.2, 0.25) is 0 Å². The maximum atomic E-state index is 5.93. The molecular formula is C12H26N2O. The maximum Gasteiger partial charge on any atom is 0.0753 e. The second-order valence-electron chi connectivity index (χ2n) is 5.48. The Hall–Kier alpha value is -0.120. The highest BCUT2D eigenvalue weighted by Crippen LogP contribution is 2.26. The first kappa shape index (κ1) is 12.9. The second-order valence-corrected chi connectivity index (χ2v) is 5.48. The summed E-state index contributed by atoms with van der Waals surface area (Å²) in [6.45, 7) is 12.4. The van der Waals surface area contributed by atoms with Crippen LogP contribution in [0, 0.1) is 0 Å². The molecule has 1 atom stereocenters. The molecule has 0 saturated carbocycles. The first-order chi connectivity index (χ1) is 6.93. The number of nitrogens with zero attached hydrogens (tertiary/aromatic N) is 1. The quantitative estimate of drug-likeness (QED) is 0.773. The Labute approximate surface area is 94.0 Å². The van der Waals surface area contributed by atoms with E-state index >= 15 is 0 Å². The van der Waals surface area contributed by atoms with Gasteiger partial charge in [0, 0.05) is 25.2 Å². The number of morpholine rings is 1. The first-order valence-corrected chi connectivity index (χ1v) is 6.02. The summed E-state index contributed by atoms with van der Waals surface area (Å²) < 4.78 is 5.73. The van der Waals surface area contributed by atoms with Gasteiger partial charge in [0.2, 0.25) is 0 Å². The minimum Gasteiger partial charge on any atom is -0.373 e. The Kier molecular flexibility index (Phi) is 4.15. The number of ether oxygens (including phenoxy) is 1. The van der Waals surface area contributed by atoms with Gasteiger partial charge in [-0.25, -0.2) is 0 Å². The molecule has 0 aliphatic carbocycles. The van der Waals surface area contributed by atoms with Crippen molar-refractivity contribution in [3.05, 3.63) is 0 Å². The van der Waals surface area contributed by atoms with Gasteiger partial charge in [-0.2, -0.15) is 0 Å². The van der Waals surface area contributed by atoms with Gasteiger partial charge >= 0.3 is 0 Å². The molecule has 0 bridgehead atoms. The van der Waals surface area contributed by atoms with Crippen molar-refractivity contribution in [3.63, 3.8) is 0 Å². The van der Waals surface area contributed by atoms with Crippen LogP contribution in [-0.2, 0) is 4.74 Å². The summed E-state index contributed by atoms with van der Waals surface area (Å²) in [4.78, 5) is 2.50. The van der Waals surface area contributed by atoms with Gasteiger partial charge in [-0.15, -0.1) is 0 Å². The molecule has 1 fully saturated rings. The molecule has 1 aliphatic rings. The lowest BCUT2D eigenvalue weighted by Gasteiger charge is -2.47. The standard InChI is InChI=1S/C12H26N2O/c1-5-6-12(4,9-13)14-7-8-15-11(2,3)10-14/h5-10,13H2,1-4H3. The van der Waals surface area contributed by atoms with Crippen molar-refractivity contribution < 1.29 is 4.74 Å². The fourth-order valence-electron chi connectivity index (χ4n) is 2.41. The average Bonchev–Trinajstić information content (AvgIpc) is 2.16. The third-order valence-corrected chi connectivity index (χ3v) is 3.42. The van der Waals surface area contributed by atoms with E-state index in [1.165, 1.54) is 12.8 Å². The molecule has 90 valence electrons. The van der Waals surface area contributed by atoms with E-state index in [1.54, 1.807) is 0 Å². The Morgan fingerprint density at radius 1 is 1.47 bits per heavy atom. The minimum absolute atomic E-state index is 0.0254. The average molecular weight is 214 g/mol. The van der Waals surface area contributed by atoms with Crippen LogP contribution in [0.4, 0.5) is 0 Å². The third kappa shape index (κ3) is 3.16. The Bertz CT molecular complexity index is 206. The van der Waals surface area contributed by atoms with E-state index in [0.29, 0.717) is 0 Å². The largest absolute Gasteiger partial charge is 0.373 e. The molecule has 2 N–H and O–H groups in total. The van der Waals surface area contributed by atoms with E-state index in [9.17, 15) is 0 Å². The van der Waals surface area contributed by atoms with Crippen LogP contribution in [0.3, 0.4) is 0 Å². The lowest BCUT2D eigenvalue weighted by molar-refractivity contribution is -0.114. The lowest BCUT2D eigenvalue weighted by atomic mass is 9.91. The molecule has 1 rings (SSSR count). The molecule has 15 heavy (non-hydrogen) atoms. The Morgan fingerprint density at radius 2 is 2.13 bits per heavy atom. The molecule has 1 heterocycles. The highest BCUT2D eigenvalue weighted by molar-refractivity contribution is 4.92. The van der Waals surface area contributed by atoms with E-state index in [-0.39, 0.29) is 11.1 Å². The van der Waals surface area contributed by atoms with E-state index < -0.39 is 0 Å². The van der Waals surface area contributed by atoms with Crippen LogP contribution in [0.5, 0.6) is 0 Å². The highest BCUT2D eigenvalue weighted by atomic mass is 16.5. The summed E-state index contributed by atoms with van der Waals surface area (Å²) >= 11 is 0. The summed E-state index contributed by atoms with van der Waals surface area (Å²) in [5.41, 5.74) is 6.05. The molecule has 0 aromatic heterocycles. The van der Waals surface area contributed by atoms with Crippen LogP contribution >= 0.6 is 0 Å². The highest BCUT2D eigenvalue weighted by Gasteiger charge is 2.36. The van der Waals surface area contributed by atoms with Gasteiger partial charge in [0.25, 0.3) is 0 Å². The van der Waals surface area contributed by atoms with E-state index in [2.05, 4.69) is 32.6 Å². The predicted molar refractivity (Wildman–Crippen MR) is 64.0 cm³/mol. The van der Waals surface area contributed by atoms with Gasteiger partial charge in [0.05, 0.1) is 12.2 Å². The summed E-state index contributed by atoms with van der Waals surface area (Å²) in [7, 11) is 0. The lowest BCUT2D eigenvalue weighted by Crippen LogP contribution is -2.60. The molecule has 3 nitrogen and oxygen atoms in total. The second kappa shape index (κ2) is 4.81. The summed E-state index contributed by atoms with van der Waals surface area (Å²) in [5, 5.41) is 0. The number of rotatable bonds is 4. The number of nitrogens with two attached hydrogens (primary N) is 1. The summed E-state index contributed by atoms with van der Waals surface area (Å²) in [6, 6.07) is 0. The van der Waals surface area contributed by atoms with Gasteiger partial charge in [-0.1, -0.05) is 13.3 Å². The fourth-order valence-corrected chi connectivity index (χ4v) is 2.41. The van der Waals surface area contributed by atoms with Gasteiger partial charge in [0.1, 0.15) is 0 Å². The predicted octanol–water partition coefficient (Wildman–Crippen LogP) is 1.61. The van der Waals surface area contributed by atoms with Crippen LogP contribution in [-0.4, -0.2) is 42.3 Å². The normalized spacial score (nSPS) is 26.2. The third-order valence-electron chi connectivity index (χ3n) is 3.42. The number of hydrogen-bond donors (Lipinski definition) is 1. The molecular weight excluding hydrogens is 188 g/mol. The first-order valence-electron chi connectivity index (χ1n) is 6.02. The molecule has 3 heteroatoms. The SMILES string of the molecule is CCCC(C)(CN)N1CCOC(C)(C)C1. The molecule has 1 aliphatic heterocycles. The van der Waals surface area contributed by atoms with E-state index in [1.807, 2.05) is 0 Å². The van der Waals surface area contributed by atoms with Gasteiger partial charge in [0.15, 0.2) is 0 Å². The zero-order valence-corrected chi connectivity index (χ0v) is 10.7. The summed E-state index contributed by atoms with van der Waals surface area (Å²) in [5.74, 6) is 0. The van der Waals surface area contributed by atoms with Crippen molar-refractivity contribution >= 4 is 0 Å². The van der Waals surface area contributed by atoms with Gasteiger partial charge in [-0.05, 0) is 27.2 Å². The van der Waals surface area contributed by atoms with Crippen molar-refractivity contribution in [1.82, 2.24) is 4.90 Å². The van der Waals surface area contributed by atoms with E-state index in [0.717, 1.165) is 26.2 Å². The van der Waals surface area contributed by atoms with Crippen molar-refractivity contribution in [2.75, 3.05) is 26.2 Å². The van der Waals surface area contributed by atoms with Crippen molar-refractivity contribution in [2.45, 2.75) is 51.7 Å². The van der Waals surface area contributed by atoms with Gasteiger partial charge in [-0.3, -0.25) is 4.90 Å². The van der Waals surface area contributed by atoms with Crippen molar-refractivity contribution in [3.8, 4) is 0 Å². The topological polar surface area (TPSA) is 38.5 Å². The molecule has 1 saturated heterocycles. The van der Waals surface area contributed by atoms with Gasteiger partial charge < -0.3 is 10.5 Å². The smallest absolute Gasteiger partial charge is 0.0753 e. The van der Waals surface area contributed by atoms with Crippen LogP contribution in [0.25, 0.3) is 0 Å². The molecule has 0 spiro atoms. The zero-order chi connectivity index (χ0) is 11.5. The monoisotopic (exact) mass is 214 g/mol. The van der Waals surface area contributed by atoms with Crippen LogP contribution in [0.15, 0.2) is 0 Å². The molecule has 1 unspecified atom stereocenters. The molecule has 0 radical (unpaired) electrons. The van der Waals surface area contributed by atoms with Crippen molar-refractivity contribution in [2.24, 2.45) is 5.73 Å². The number of hydrogen-bond acceptors (Lipinski definition) is 3.